The number of hydrogen-bond acceptors (Lipinski definition) is 3. The minimum absolute atomic E-state index is 0.508. The summed E-state index contributed by atoms with van der Waals surface area (Å²) >= 11 is 0. The van der Waals surface area contributed by atoms with Crippen molar-refractivity contribution in [2.24, 2.45) is 0 Å². The quantitative estimate of drug-likeness (QED) is 0.928. The predicted octanol–water partition coefficient (Wildman–Crippen LogP) is 1.89. The molecular weight excluding hydrogens is 288 g/mol. The average Bonchev–Trinajstić information content (AvgIpc) is 2.41. The molecule has 0 radical (unpaired) electrons. The van der Waals surface area contributed by atoms with Crippen LogP contribution in [0.2, 0.25) is 0 Å². The smallest absolute Gasteiger partial charge is 0.246 e. The van der Waals surface area contributed by atoms with Crippen molar-refractivity contribution in [1.29, 1.82) is 0 Å². The van der Waals surface area contributed by atoms with E-state index < -0.39 is 38.7 Å². The first kappa shape index (κ1) is 15.3. The van der Waals surface area contributed by atoms with Crippen LogP contribution in [-0.4, -0.2) is 37.0 Å². The molecule has 0 aromatic heterocycles. The first-order chi connectivity index (χ1) is 9.34. The molecule has 2 unspecified atom stereocenters. The van der Waals surface area contributed by atoms with Gasteiger partial charge in [0.15, 0.2) is 0 Å². The van der Waals surface area contributed by atoms with Crippen molar-refractivity contribution in [3.63, 3.8) is 0 Å². The van der Waals surface area contributed by atoms with Gasteiger partial charge in [0.2, 0.25) is 10.0 Å². The van der Waals surface area contributed by atoms with Gasteiger partial charge in [-0.3, -0.25) is 0 Å². The molecule has 0 bridgehead atoms. The molecule has 4 nitrogen and oxygen atoms in total. The number of aliphatic hydroxyl groups excluding tert-OH is 1. The van der Waals surface area contributed by atoms with Crippen LogP contribution in [0.4, 0.5) is 8.78 Å². The minimum Gasteiger partial charge on any atom is -0.391 e. The molecule has 1 N–H and O–H groups in total. The molecule has 20 heavy (non-hydrogen) atoms. The molecule has 1 fully saturated rings. The van der Waals surface area contributed by atoms with E-state index in [0.29, 0.717) is 18.9 Å². The normalized spacial score (nSPS) is 24.1. The molecule has 0 spiro atoms. The summed E-state index contributed by atoms with van der Waals surface area (Å²) in [6, 6.07) is 1.71. The molecule has 2 rings (SSSR count). The lowest BCUT2D eigenvalue weighted by molar-refractivity contribution is 0.0637. The Balaban J connectivity index is 2.36. The molecule has 0 aliphatic heterocycles. The van der Waals surface area contributed by atoms with Crippen LogP contribution in [0.5, 0.6) is 0 Å². The van der Waals surface area contributed by atoms with Crippen LogP contribution in [0.25, 0.3) is 0 Å². The summed E-state index contributed by atoms with van der Waals surface area (Å²) in [6.45, 7) is 0. The topological polar surface area (TPSA) is 57.6 Å². The molecule has 1 aromatic rings. The first-order valence-electron chi connectivity index (χ1n) is 6.45. The number of hydrogen-bond donors (Lipinski definition) is 1. The fourth-order valence-electron chi connectivity index (χ4n) is 2.52. The molecule has 112 valence electrons. The van der Waals surface area contributed by atoms with Crippen molar-refractivity contribution in [3.05, 3.63) is 29.8 Å². The fraction of sp³-hybridized carbons (Fsp3) is 0.538. The first-order valence-corrected chi connectivity index (χ1v) is 7.89. The third kappa shape index (κ3) is 2.84. The van der Waals surface area contributed by atoms with E-state index in [1.54, 1.807) is 0 Å². The molecular formula is C13H17F2NO3S. The van der Waals surface area contributed by atoms with Crippen LogP contribution in [0, 0.1) is 11.6 Å². The van der Waals surface area contributed by atoms with E-state index in [4.69, 9.17) is 0 Å². The van der Waals surface area contributed by atoms with Gasteiger partial charge >= 0.3 is 0 Å². The number of nitrogens with zero attached hydrogens (tertiary/aromatic N) is 1. The van der Waals surface area contributed by atoms with Gasteiger partial charge in [0, 0.05) is 7.05 Å². The minimum atomic E-state index is -4.17. The Kier molecular flexibility index (Phi) is 4.41. The van der Waals surface area contributed by atoms with Gasteiger partial charge < -0.3 is 5.11 Å². The standard InChI is InChI=1S/C13H17F2NO3S/c1-16(11-4-2-3-5-12(11)17)20(18,19)13-8-9(14)6-7-10(13)15/h6-8,11-12,17H,2-5H2,1H3. The van der Waals surface area contributed by atoms with Crippen LogP contribution in [0.3, 0.4) is 0 Å². The van der Waals surface area contributed by atoms with Crippen molar-refractivity contribution in [2.45, 2.75) is 42.7 Å². The molecule has 7 heteroatoms. The lowest BCUT2D eigenvalue weighted by Gasteiger charge is -2.34. The Morgan fingerprint density at radius 2 is 1.90 bits per heavy atom. The van der Waals surface area contributed by atoms with Gasteiger partial charge in [-0.1, -0.05) is 12.8 Å². The molecule has 1 aromatic carbocycles. The van der Waals surface area contributed by atoms with E-state index in [-0.39, 0.29) is 0 Å². The fourth-order valence-corrected chi connectivity index (χ4v) is 4.01. The maximum Gasteiger partial charge on any atom is 0.246 e. The van der Waals surface area contributed by atoms with Gasteiger partial charge in [0.25, 0.3) is 0 Å². The summed E-state index contributed by atoms with van der Waals surface area (Å²) in [4.78, 5) is -0.697. The zero-order valence-corrected chi connectivity index (χ0v) is 11.9. The van der Waals surface area contributed by atoms with Crippen LogP contribution in [-0.2, 0) is 10.0 Å². The van der Waals surface area contributed by atoms with Gasteiger partial charge in [0.1, 0.15) is 16.5 Å². The Bertz CT molecular complexity index is 591. The predicted molar refractivity (Wildman–Crippen MR) is 69.6 cm³/mol. The van der Waals surface area contributed by atoms with Crippen LogP contribution < -0.4 is 0 Å². The van der Waals surface area contributed by atoms with E-state index in [1.165, 1.54) is 7.05 Å². The Morgan fingerprint density at radius 1 is 1.25 bits per heavy atom. The number of aliphatic hydroxyl groups is 1. The Hall–Kier alpha value is -1.05. The second-order valence-corrected chi connectivity index (χ2v) is 6.98. The summed E-state index contributed by atoms with van der Waals surface area (Å²) in [5.41, 5.74) is 0. The molecule has 0 saturated heterocycles. The van der Waals surface area contributed by atoms with Gasteiger partial charge in [-0.05, 0) is 31.0 Å². The van der Waals surface area contributed by atoms with E-state index in [1.807, 2.05) is 0 Å². The number of likely N-dealkylation sites (N-methyl/N-ethyl adjacent to an activating group) is 1. The molecule has 1 aliphatic rings. The second kappa shape index (κ2) is 5.75. The molecule has 0 amide bonds. The van der Waals surface area contributed by atoms with Crippen molar-refractivity contribution in [2.75, 3.05) is 7.05 Å². The largest absolute Gasteiger partial charge is 0.391 e. The van der Waals surface area contributed by atoms with Gasteiger partial charge in [0.05, 0.1) is 12.1 Å². The lowest BCUT2D eigenvalue weighted by atomic mass is 9.93. The molecule has 1 saturated carbocycles. The molecule has 2 atom stereocenters. The third-order valence-electron chi connectivity index (χ3n) is 3.71. The summed E-state index contributed by atoms with van der Waals surface area (Å²) in [7, 11) is -2.88. The Morgan fingerprint density at radius 3 is 2.55 bits per heavy atom. The Labute approximate surface area is 117 Å². The van der Waals surface area contributed by atoms with Crippen molar-refractivity contribution >= 4 is 10.0 Å². The SMILES string of the molecule is CN(C1CCCCC1O)S(=O)(=O)c1cc(F)ccc1F. The summed E-state index contributed by atoms with van der Waals surface area (Å²) in [6.07, 6.45) is 1.87. The zero-order chi connectivity index (χ0) is 14.9. The second-order valence-electron chi connectivity index (χ2n) is 5.02. The van der Waals surface area contributed by atoms with E-state index >= 15 is 0 Å². The summed E-state index contributed by atoms with van der Waals surface area (Å²) < 4.78 is 52.5. The maximum atomic E-state index is 13.7. The maximum absolute atomic E-state index is 13.7. The average molecular weight is 305 g/mol. The monoisotopic (exact) mass is 305 g/mol. The summed E-state index contributed by atoms with van der Waals surface area (Å²) in [5.74, 6) is -1.81. The van der Waals surface area contributed by atoms with Gasteiger partial charge in [-0.2, -0.15) is 4.31 Å². The van der Waals surface area contributed by atoms with E-state index in [0.717, 1.165) is 29.3 Å². The number of benzene rings is 1. The highest BCUT2D eigenvalue weighted by molar-refractivity contribution is 7.89. The van der Waals surface area contributed by atoms with Crippen molar-refractivity contribution in [1.82, 2.24) is 4.31 Å². The summed E-state index contributed by atoms with van der Waals surface area (Å²) in [5, 5.41) is 9.90. The molecule has 1 aliphatic carbocycles. The molecule has 0 heterocycles. The van der Waals surface area contributed by atoms with Crippen LogP contribution >= 0.6 is 0 Å². The lowest BCUT2D eigenvalue weighted by Crippen LogP contribution is -2.46. The van der Waals surface area contributed by atoms with Gasteiger partial charge in [-0.15, -0.1) is 0 Å². The number of rotatable bonds is 3. The number of halogens is 2. The highest BCUT2D eigenvalue weighted by atomic mass is 32.2. The third-order valence-corrected chi connectivity index (χ3v) is 5.61. The van der Waals surface area contributed by atoms with Crippen LogP contribution in [0.15, 0.2) is 23.1 Å². The van der Waals surface area contributed by atoms with Crippen molar-refractivity contribution < 1.29 is 22.3 Å². The zero-order valence-electron chi connectivity index (χ0n) is 11.1. The number of sulfonamides is 1. The van der Waals surface area contributed by atoms with Gasteiger partial charge in [-0.25, -0.2) is 17.2 Å². The van der Waals surface area contributed by atoms with E-state index in [9.17, 15) is 22.3 Å². The highest BCUT2D eigenvalue weighted by Crippen LogP contribution is 2.28. The van der Waals surface area contributed by atoms with Crippen molar-refractivity contribution in [3.8, 4) is 0 Å². The van der Waals surface area contributed by atoms with E-state index in [2.05, 4.69) is 0 Å². The van der Waals surface area contributed by atoms with Crippen LogP contribution in [0.1, 0.15) is 25.7 Å². The highest BCUT2D eigenvalue weighted by Gasteiger charge is 2.35.